The van der Waals surface area contributed by atoms with Crippen LogP contribution in [-0.4, -0.2) is 12.1 Å². The maximum absolute atomic E-state index is 11.7. The van der Waals surface area contributed by atoms with Gasteiger partial charge in [-0.25, -0.2) is 4.79 Å². The number of nitrogens with one attached hydrogen (secondary N) is 1. The normalized spacial score (nSPS) is 10.5. The molecule has 0 amide bonds. The second-order valence-electron chi connectivity index (χ2n) is 5.37. The molecular formula is C18H21NO2. The Morgan fingerprint density at radius 1 is 1.05 bits per heavy atom. The van der Waals surface area contributed by atoms with Crippen molar-refractivity contribution in [2.75, 3.05) is 5.32 Å². The monoisotopic (exact) mass is 283 g/mol. The van der Waals surface area contributed by atoms with Gasteiger partial charge in [0, 0.05) is 12.2 Å². The molecule has 0 aliphatic heterocycles. The van der Waals surface area contributed by atoms with E-state index in [0.717, 1.165) is 12.2 Å². The third-order valence-corrected chi connectivity index (χ3v) is 3.08. The Bertz CT molecular complexity index is 586. The largest absolute Gasteiger partial charge is 0.459 e. The van der Waals surface area contributed by atoms with Crippen molar-refractivity contribution >= 4 is 11.7 Å². The molecule has 0 aliphatic carbocycles. The van der Waals surface area contributed by atoms with E-state index in [2.05, 4.69) is 36.5 Å². The van der Waals surface area contributed by atoms with Gasteiger partial charge >= 0.3 is 5.97 Å². The molecule has 1 N–H and O–H groups in total. The lowest BCUT2D eigenvalue weighted by Crippen LogP contribution is -2.11. The Morgan fingerprint density at radius 3 is 2.24 bits per heavy atom. The number of rotatable bonds is 5. The summed E-state index contributed by atoms with van der Waals surface area (Å²) in [4.78, 5) is 11.7. The number of esters is 1. The van der Waals surface area contributed by atoms with Crippen molar-refractivity contribution in [1.29, 1.82) is 0 Å². The number of aryl methyl sites for hydroxylation is 1. The minimum atomic E-state index is -0.282. The van der Waals surface area contributed by atoms with Gasteiger partial charge in [-0.15, -0.1) is 0 Å². The van der Waals surface area contributed by atoms with E-state index in [1.807, 2.05) is 26.0 Å². The topological polar surface area (TPSA) is 38.3 Å². The van der Waals surface area contributed by atoms with Crippen LogP contribution in [-0.2, 0) is 11.3 Å². The fraction of sp³-hybridized carbons (Fsp3) is 0.278. The van der Waals surface area contributed by atoms with E-state index in [4.69, 9.17) is 4.74 Å². The van der Waals surface area contributed by atoms with Gasteiger partial charge in [0.05, 0.1) is 11.7 Å². The van der Waals surface area contributed by atoms with E-state index in [9.17, 15) is 4.79 Å². The highest BCUT2D eigenvalue weighted by molar-refractivity contribution is 5.89. The highest BCUT2D eigenvalue weighted by atomic mass is 16.5. The first kappa shape index (κ1) is 15.1. The van der Waals surface area contributed by atoms with Gasteiger partial charge in [-0.05, 0) is 50.6 Å². The van der Waals surface area contributed by atoms with E-state index in [0.29, 0.717) is 5.56 Å². The zero-order valence-corrected chi connectivity index (χ0v) is 12.7. The minimum absolute atomic E-state index is 0.100. The summed E-state index contributed by atoms with van der Waals surface area (Å²) in [5.74, 6) is -0.282. The maximum Gasteiger partial charge on any atom is 0.338 e. The molecule has 0 heterocycles. The summed E-state index contributed by atoms with van der Waals surface area (Å²) >= 11 is 0. The molecule has 0 aliphatic rings. The Morgan fingerprint density at radius 2 is 1.67 bits per heavy atom. The Balaban J connectivity index is 1.93. The summed E-state index contributed by atoms with van der Waals surface area (Å²) in [6, 6.07) is 15.8. The molecule has 0 unspecified atom stereocenters. The Labute approximate surface area is 126 Å². The molecule has 0 fully saturated rings. The molecule has 0 atom stereocenters. The lowest BCUT2D eigenvalue weighted by Gasteiger charge is -2.09. The van der Waals surface area contributed by atoms with E-state index >= 15 is 0 Å². The molecule has 0 radical (unpaired) electrons. The number of ether oxygens (including phenoxy) is 1. The van der Waals surface area contributed by atoms with E-state index in [-0.39, 0.29) is 12.1 Å². The van der Waals surface area contributed by atoms with Crippen LogP contribution in [0.5, 0.6) is 0 Å². The first-order chi connectivity index (χ1) is 10.0. The van der Waals surface area contributed by atoms with Crippen molar-refractivity contribution in [3.63, 3.8) is 0 Å². The molecule has 3 nitrogen and oxygen atoms in total. The quantitative estimate of drug-likeness (QED) is 0.837. The lowest BCUT2D eigenvalue weighted by molar-refractivity contribution is 0.0378. The first-order valence-electron chi connectivity index (χ1n) is 7.15. The number of carbonyl (C=O) groups excluding carboxylic acids is 1. The summed E-state index contributed by atoms with van der Waals surface area (Å²) in [5, 5.41) is 3.34. The fourth-order valence-corrected chi connectivity index (χ4v) is 1.92. The van der Waals surface area contributed by atoms with Gasteiger partial charge in [0.15, 0.2) is 0 Å². The van der Waals surface area contributed by atoms with Crippen LogP contribution >= 0.6 is 0 Å². The van der Waals surface area contributed by atoms with Crippen LogP contribution in [0.25, 0.3) is 0 Å². The van der Waals surface area contributed by atoms with E-state index in [1.165, 1.54) is 11.1 Å². The Kier molecular flexibility index (Phi) is 4.99. The zero-order chi connectivity index (χ0) is 15.2. The molecule has 2 aromatic carbocycles. The molecule has 21 heavy (non-hydrogen) atoms. The van der Waals surface area contributed by atoms with Crippen LogP contribution in [0.3, 0.4) is 0 Å². The number of hydrogen-bond acceptors (Lipinski definition) is 3. The van der Waals surface area contributed by atoms with Gasteiger partial charge in [0.1, 0.15) is 0 Å². The van der Waals surface area contributed by atoms with Crippen LogP contribution < -0.4 is 5.32 Å². The van der Waals surface area contributed by atoms with Crippen molar-refractivity contribution in [1.82, 2.24) is 0 Å². The van der Waals surface area contributed by atoms with E-state index in [1.54, 1.807) is 12.1 Å². The molecule has 0 saturated carbocycles. The predicted octanol–water partition coefficient (Wildman–Crippen LogP) is 4.17. The molecule has 3 heteroatoms. The smallest absolute Gasteiger partial charge is 0.338 e. The highest BCUT2D eigenvalue weighted by Gasteiger charge is 2.08. The third-order valence-electron chi connectivity index (χ3n) is 3.08. The molecule has 2 rings (SSSR count). The number of anilines is 1. The molecular weight excluding hydrogens is 262 g/mol. The zero-order valence-electron chi connectivity index (χ0n) is 12.7. The molecule has 0 saturated heterocycles. The summed E-state index contributed by atoms with van der Waals surface area (Å²) in [6.07, 6.45) is -0.100. The molecule has 110 valence electrons. The molecule has 0 aromatic heterocycles. The molecule has 2 aromatic rings. The average Bonchev–Trinajstić information content (AvgIpc) is 2.46. The summed E-state index contributed by atoms with van der Waals surface area (Å²) < 4.78 is 5.16. The van der Waals surface area contributed by atoms with Crippen LogP contribution in [0.15, 0.2) is 48.5 Å². The summed E-state index contributed by atoms with van der Waals surface area (Å²) in [6.45, 7) is 6.52. The summed E-state index contributed by atoms with van der Waals surface area (Å²) in [5.41, 5.74) is 4.04. The van der Waals surface area contributed by atoms with Crippen LogP contribution in [0.2, 0.25) is 0 Å². The number of benzene rings is 2. The fourth-order valence-electron chi connectivity index (χ4n) is 1.92. The predicted molar refractivity (Wildman–Crippen MR) is 85.5 cm³/mol. The van der Waals surface area contributed by atoms with Crippen molar-refractivity contribution in [3.05, 3.63) is 65.2 Å². The van der Waals surface area contributed by atoms with Crippen molar-refractivity contribution in [2.24, 2.45) is 0 Å². The molecule has 0 bridgehead atoms. The van der Waals surface area contributed by atoms with Crippen LogP contribution in [0.4, 0.5) is 5.69 Å². The van der Waals surface area contributed by atoms with Crippen molar-refractivity contribution < 1.29 is 9.53 Å². The minimum Gasteiger partial charge on any atom is -0.459 e. The second-order valence-corrected chi connectivity index (χ2v) is 5.37. The number of carbonyl (C=O) groups is 1. The number of hydrogen-bond donors (Lipinski definition) is 1. The van der Waals surface area contributed by atoms with Gasteiger partial charge in [0.2, 0.25) is 0 Å². The second kappa shape index (κ2) is 6.93. The SMILES string of the molecule is Cc1ccc(CNc2ccc(C(=O)OC(C)C)cc2)cc1. The third kappa shape index (κ3) is 4.63. The van der Waals surface area contributed by atoms with Gasteiger partial charge in [-0.2, -0.15) is 0 Å². The van der Waals surface area contributed by atoms with Gasteiger partial charge in [-0.1, -0.05) is 29.8 Å². The van der Waals surface area contributed by atoms with Crippen LogP contribution in [0.1, 0.15) is 35.3 Å². The summed E-state index contributed by atoms with van der Waals surface area (Å²) in [7, 11) is 0. The van der Waals surface area contributed by atoms with Gasteiger partial charge in [-0.3, -0.25) is 0 Å². The van der Waals surface area contributed by atoms with Crippen molar-refractivity contribution in [3.8, 4) is 0 Å². The standard InChI is InChI=1S/C18H21NO2/c1-13(2)21-18(20)16-8-10-17(11-9-16)19-12-15-6-4-14(3)5-7-15/h4-11,13,19H,12H2,1-3H3. The maximum atomic E-state index is 11.7. The molecule has 0 spiro atoms. The Hall–Kier alpha value is -2.29. The highest BCUT2D eigenvalue weighted by Crippen LogP contribution is 2.13. The van der Waals surface area contributed by atoms with Gasteiger partial charge < -0.3 is 10.1 Å². The average molecular weight is 283 g/mol. The van der Waals surface area contributed by atoms with Gasteiger partial charge in [0.25, 0.3) is 0 Å². The van der Waals surface area contributed by atoms with Crippen LogP contribution in [0, 0.1) is 6.92 Å². The lowest BCUT2D eigenvalue weighted by atomic mass is 10.1. The first-order valence-corrected chi connectivity index (χ1v) is 7.15. The van der Waals surface area contributed by atoms with E-state index < -0.39 is 0 Å². The van der Waals surface area contributed by atoms with Crippen molar-refractivity contribution in [2.45, 2.75) is 33.4 Å².